The monoisotopic (exact) mass is 291 g/mol. The Balaban J connectivity index is 1.77. The third kappa shape index (κ3) is 2.76. The molecular weight excluding hydrogens is 274 g/mol. The van der Waals surface area contributed by atoms with Gasteiger partial charge >= 0.3 is 0 Å². The molecule has 0 aliphatic rings. The molecule has 0 saturated heterocycles. The number of nitrogens with one attached hydrogen (secondary N) is 2. The van der Waals surface area contributed by atoms with Crippen LogP contribution in [0.4, 0.5) is 0 Å². The summed E-state index contributed by atoms with van der Waals surface area (Å²) in [6.45, 7) is 4.07. The summed E-state index contributed by atoms with van der Waals surface area (Å²) < 4.78 is 0. The number of nitrogens with zero attached hydrogens (tertiary/aromatic N) is 1. The molecule has 0 unspecified atom stereocenters. The Morgan fingerprint density at radius 1 is 1.14 bits per heavy atom. The fraction of sp³-hybridized carbons (Fsp3) is 0.111. The average molecular weight is 291 g/mol. The summed E-state index contributed by atoms with van der Waals surface area (Å²) in [5.74, 6) is -0.215. The van der Waals surface area contributed by atoms with E-state index in [4.69, 9.17) is 0 Å². The topological polar surface area (TPSA) is 57.2 Å². The average Bonchev–Trinajstić information content (AvgIpc) is 2.83. The first-order chi connectivity index (χ1) is 10.6. The van der Waals surface area contributed by atoms with Gasteiger partial charge in [-0.15, -0.1) is 0 Å². The Bertz CT molecular complexity index is 847. The number of carbonyl (C=O) groups is 1. The number of rotatable bonds is 3. The van der Waals surface area contributed by atoms with Gasteiger partial charge < -0.3 is 4.98 Å². The quantitative estimate of drug-likeness (QED) is 0.562. The van der Waals surface area contributed by atoms with Crippen LogP contribution in [0.3, 0.4) is 0 Å². The van der Waals surface area contributed by atoms with E-state index in [1.807, 2.05) is 56.3 Å². The Kier molecular flexibility index (Phi) is 3.74. The van der Waals surface area contributed by atoms with E-state index in [1.165, 1.54) is 0 Å². The Hall–Kier alpha value is -2.88. The SMILES string of the molecule is Cc1[nH]c2ccc(C(=O)N/N=C\c3ccccc3)cc2c1C. The van der Waals surface area contributed by atoms with Gasteiger partial charge in [-0.2, -0.15) is 5.10 Å². The molecule has 0 spiro atoms. The van der Waals surface area contributed by atoms with E-state index in [9.17, 15) is 4.79 Å². The maximum absolute atomic E-state index is 12.2. The van der Waals surface area contributed by atoms with Crippen LogP contribution in [0.1, 0.15) is 27.2 Å². The standard InChI is InChI=1S/C18H17N3O/c1-12-13(2)20-17-9-8-15(10-16(12)17)18(22)21-19-11-14-6-4-3-5-7-14/h3-11,20H,1-2H3,(H,21,22)/b19-11-. The fourth-order valence-electron chi connectivity index (χ4n) is 2.37. The van der Waals surface area contributed by atoms with Gasteiger partial charge in [0, 0.05) is 22.2 Å². The maximum Gasteiger partial charge on any atom is 0.271 e. The molecule has 0 radical (unpaired) electrons. The van der Waals surface area contributed by atoms with Crippen LogP contribution in [-0.4, -0.2) is 17.1 Å². The molecule has 4 heteroatoms. The summed E-state index contributed by atoms with van der Waals surface area (Å²) in [7, 11) is 0. The molecule has 0 fully saturated rings. The minimum Gasteiger partial charge on any atom is -0.358 e. The van der Waals surface area contributed by atoms with Gasteiger partial charge in [0.2, 0.25) is 0 Å². The summed E-state index contributed by atoms with van der Waals surface area (Å²) in [5.41, 5.74) is 7.42. The van der Waals surface area contributed by atoms with Gasteiger partial charge in [-0.3, -0.25) is 4.79 Å². The summed E-state index contributed by atoms with van der Waals surface area (Å²) in [4.78, 5) is 15.5. The van der Waals surface area contributed by atoms with Gasteiger partial charge in [0.25, 0.3) is 5.91 Å². The summed E-state index contributed by atoms with van der Waals surface area (Å²) in [5, 5.41) is 5.06. The van der Waals surface area contributed by atoms with Crippen molar-refractivity contribution in [2.45, 2.75) is 13.8 Å². The first-order valence-corrected chi connectivity index (χ1v) is 7.12. The van der Waals surface area contributed by atoms with Crippen LogP contribution in [0, 0.1) is 13.8 Å². The molecule has 3 rings (SSSR count). The van der Waals surface area contributed by atoms with E-state index >= 15 is 0 Å². The molecule has 0 aliphatic carbocycles. The van der Waals surface area contributed by atoms with E-state index in [1.54, 1.807) is 12.3 Å². The highest BCUT2D eigenvalue weighted by atomic mass is 16.2. The number of fused-ring (bicyclic) bond motifs is 1. The number of hydrogen-bond donors (Lipinski definition) is 2. The molecule has 1 heterocycles. The second-order valence-corrected chi connectivity index (χ2v) is 5.25. The van der Waals surface area contributed by atoms with Crippen molar-refractivity contribution in [1.29, 1.82) is 0 Å². The molecule has 1 aromatic heterocycles. The number of benzene rings is 2. The Labute approximate surface area is 128 Å². The van der Waals surface area contributed by atoms with Crippen molar-refractivity contribution in [3.05, 3.63) is 70.9 Å². The number of aromatic nitrogens is 1. The van der Waals surface area contributed by atoms with E-state index in [0.717, 1.165) is 27.7 Å². The van der Waals surface area contributed by atoms with Gasteiger partial charge in [-0.05, 0) is 43.2 Å². The minimum absolute atomic E-state index is 0.215. The molecule has 3 aromatic rings. The van der Waals surface area contributed by atoms with Crippen molar-refractivity contribution in [2.24, 2.45) is 5.10 Å². The Morgan fingerprint density at radius 3 is 2.68 bits per heavy atom. The van der Waals surface area contributed by atoms with Crippen LogP contribution < -0.4 is 5.43 Å². The maximum atomic E-state index is 12.2. The third-order valence-corrected chi connectivity index (χ3v) is 3.75. The predicted molar refractivity (Wildman–Crippen MR) is 89.3 cm³/mol. The van der Waals surface area contributed by atoms with Gasteiger partial charge in [0.15, 0.2) is 0 Å². The van der Waals surface area contributed by atoms with Crippen molar-refractivity contribution in [3.8, 4) is 0 Å². The molecule has 1 amide bonds. The molecule has 0 atom stereocenters. The van der Waals surface area contributed by atoms with Crippen molar-refractivity contribution in [1.82, 2.24) is 10.4 Å². The molecule has 0 aliphatic heterocycles. The molecule has 2 aromatic carbocycles. The van der Waals surface area contributed by atoms with E-state index in [0.29, 0.717) is 5.56 Å². The van der Waals surface area contributed by atoms with Crippen molar-refractivity contribution in [3.63, 3.8) is 0 Å². The minimum atomic E-state index is -0.215. The molecular formula is C18H17N3O. The Morgan fingerprint density at radius 2 is 1.91 bits per heavy atom. The largest absolute Gasteiger partial charge is 0.358 e. The van der Waals surface area contributed by atoms with Gasteiger partial charge in [-0.1, -0.05) is 30.3 Å². The number of aromatic amines is 1. The third-order valence-electron chi connectivity index (χ3n) is 3.75. The van der Waals surface area contributed by atoms with Crippen molar-refractivity contribution < 1.29 is 4.79 Å². The number of H-pyrrole nitrogens is 1. The smallest absolute Gasteiger partial charge is 0.271 e. The zero-order chi connectivity index (χ0) is 15.5. The predicted octanol–water partition coefficient (Wildman–Crippen LogP) is 3.55. The molecule has 2 N–H and O–H groups in total. The summed E-state index contributed by atoms with van der Waals surface area (Å²) in [6.07, 6.45) is 1.63. The van der Waals surface area contributed by atoms with Crippen molar-refractivity contribution >= 4 is 23.0 Å². The number of aryl methyl sites for hydroxylation is 2. The van der Waals surface area contributed by atoms with Crippen LogP contribution in [0.2, 0.25) is 0 Å². The number of hydrazone groups is 1. The van der Waals surface area contributed by atoms with E-state index in [2.05, 4.69) is 15.5 Å². The van der Waals surface area contributed by atoms with Gasteiger partial charge in [0.1, 0.15) is 0 Å². The fourth-order valence-corrected chi connectivity index (χ4v) is 2.37. The first kappa shape index (κ1) is 14.1. The molecule has 0 saturated carbocycles. The van der Waals surface area contributed by atoms with E-state index in [-0.39, 0.29) is 5.91 Å². The lowest BCUT2D eigenvalue weighted by Gasteiger charge is -2.01. The second kappa shape index (κ2) is 5.85. The number of carbonyl (C=O) groups excluding carboxylic acids is 1. The highest BCUT2D eigenvalue weighted by Gasteiger charge is 2.09. The summed E-state index contributed by atoms with van der Waals surface area (Å²) in [6, 6.07) is 15.2. The highest BCUT2D eigenvalue weighted by molar-refractivity contribution is 5.99. The van der Waals surface area contributed by atoms with Crippen LogP contribution in [-0.2, 0) is 0 Å². The lowest BCUT2D eigenvalue weighted by atomic mass is 10.1. The highest BCUT2D eigenvalue weighted by Crippen LogP contribution is 2.22. The number of amides is 1. The van der Waals surface area contributed by atoms with Crippen LogP contribution in [0.5, 0.6) is 0 Å². The molecule has 0 bridgehead atoms. The number of hydrogen-bond acceptors (Lipinski definition) is 2. The van der Waals surface area contributed by atoms with Crippen LogP contribution >= 0.6 is 0 Å². The lowest BCUT2D eigenvalue weighted by Crippen LogP contribution is -2.17. The molecule has 4 nitrogen and oxygen atoms in total. The second-order valence-electron chi connectivity index (χ2n) is 5.25. The van der Waals surface area contributed by atoms with Gasteiger partial charge in [0.05, 0.1) is 6.21 Å². The summed E-state index contributed by atoms with van der Waals surface area (Å²) >= 11 is 0. The van der Waals surface area contributed by atoms with E-state index < -0.39 is 0 Å². The van der Waals surface area contributed by atoms with Crippen LogP contribution in [0.15, 0.2) is 53.6 Å². The first-order valence-electron chi connectivity index (χ1n) is 7.12. The lowest BCUT2D eigenvalue weighted by molar-refractivity contribution is 0.0955. The zero-order valence-corrected chi connectivity index (χ0v) is 12.6. The van der Waals surface area contributed by atoms with Gasteiger partial charge in [-0.25, -0.2) is 5.43 Å². The molecule has 22 heavy (non-hydrogen) atoms. The normalized spacial score (nSPS) is 11.2. The zero-order valence-electron chi connectivity index (χ0n) is 12.6. The van der Waals surface area contributed by atoms with Crippen molar-refractivity contribution in [2.75, 3.05) is 0 Å². The van der Waals surface area contributed by atoms with Crippen LogP contribution in [0.25, 0.3) is 10.9 Å². The molecule has 110 valence electrons.